The van der Waals surface area contributed by atoms with Crippen LogP contribution in [0, 0.1) is 13.8 Å². The Bertz CT molecular complexity index is 661. The van der Waals surface area contributed by atoms with Gasteiger partial charge in [0.2, 0.25) is 5.91 Å². The number of carbonyl (C=O) groups excluding carboxylic acids is 1. The Labute approximate surface area is 153 Å². The maximum absolute atomic E-state index is 12.0. The molecule has 1 N–H and O–H groups in total. The summed E-state index contributed by atoms with van der Waals surface area (Å²) in [5.74, 6) is 2.01. The summed E-state index contributed by atoms with van der Waals surface area (Å²) >= 11 is 1.57. The molecule has 0 fully saturated rings. The van der Waals surface area contributed by atoms with Gasteiger partial charge in [-0.05, 0) is 38.8 Å². The van der Waals surface area contributed by atoms with Crippen LogP contribution in [0.25, 0.3) is 0 Å². The Hall–Kier alpha value is -1.79. The number of ether oxygens (including phenoxy) is 1. The van der Waals surface area contributed by atoms with Crippen molar-refractivity contribution < 1.29 is 14.1 Å². The number of thioether (sulfide) groups is 1. The summed E-state index contributed by atoms with van der Waals surface area (Å²) in [4.78, 5) is 12.0. The largest absolute Gasteiger partial charge is 0.374 e. The van der Waals surface area contributed by atoms with Crippen molar-refractivity contribution in [1.82, 2.24) is 10.5 Å². The van der Waals surface area contributed by atoms with Gasteiger partial charge < -0.3 is 14.6 Å². The minimum absolute atomic E-state index is 0.0315. The van der Waals surface area contributed by atoms with Crippen LogP contribution in [0.1, 0.15) is 42.0 Å². The van der Waals surface area contributed by atoms with E-state index in [1.54, 1.807) is 11.8 Å². The van der Waals surface area contributed by atoms with E-state index in [9.17, 15) is 4.79 Å². The normalized spacial score (nSPS) is 11.1. The zero-order valence-electron chi connectivity index (χ0n) is 15.3. The number of hydrogen-bond acceptors (Lipinski definition) is 5. The van der Waals surface area contributed by atoms with Gasteiger partial charge in [0.05, 0.1) is 24.2 Å². The molecule has 0 aliphatic rings. The topological polar surface area (TPSA) is 64.4 Å². The van der Waals surface area contributed by atoms with Gasteiger partial charge in [-0.1, -0.05) is 29.4 Å². The van der Waals surface area contributed by atoms with Gasteiger partial charge in [0, 0.05) is 17.9 Å². The van der Waals surface area contributed by atoms with Gasteiger partial charge in [-0.25, -0.2) is 0 Å². The Balaban J connectivity index is 1.69. The van der Waals surface area contributed by atoms with Crippen molar-refractivity contribution in [2.45, 2.75) is 52.7 Å². The molecule has 0 atom stereocenters. The van der Waals surface area contributed by atoms with Gasteiger partial charge in [-0.3, -0.25) is 4.79 Å². The number of amides is 1. The quantitative estimate of drug-likeness (QED) is 0.736. The molecule has 0 saturated heterocycles. The molecular formula is C19H26N2O3S. The number of nitrogens with one attached hydrogen (secondary N) is 1. The van der Waals surface area contributed by atoms with Crippen LogP contribution in [0.5, 0.6) is 0 Å². The van der Waals surface area contributed by atoms with Crippen molar-refractivity contribution >= 4 is 17.7 Å². The van der Waals surface area contributed by atoms with E-state index in [2.05, 4.69) is 10.5 Å². The highest BCUT2D eigenvalue weighted by atomic mass is 32.2. The van der Waals surface area contributed by atoms with E-state index in [0.29, 0.717) is 18.9 Å². The fourth-order valence-corrected chi connectivity index (χ4v) is 3.23. The number of aromatic nitrogens is 1. The molecule has 0 aliphatic carbocycles. The van der Waals surface area contributed by atoms with E-state index < -0.39 is 0 Å². The first-order valence-corrected chi connectivity index (χ1v) is 9.56. The molecule has 0 unspecified atom stereocenters. The average molecular weight is 362 g/mol. The lowest BCUT2D eigenvalue weighted by molar-refractivity contribution is -0.118. The van der Waals surface area contributed by atoms with Crippen molar-refractivity contribution in [3.63, 3.8) is 0 Å². The number of rotatable bonds is 9. The fraction of sp³-hybridized carbons (Fsp3) is 0.474. The molecule has 0 saturated carbocycles. The van der Waals surface area contributed by atoms with Crippen LogP contribution in [-0.4, -0.2) is 22.9 Å². The van der Waals surface area contributed by atoms with E-state index in [0.717, 1.165) is 33.9 Å². The van der Waals surface area contributed by atoms with Crippen LogP contribution in [0.15, 0.2) is 28.8 Å². The molecule has 5 nitrogen and oxygen atoms in total. The van der Waals surface area contributed by atoms with E-state index in [1.165, 1.54) is 0 Å². The van der Waals surface area contributed by atoms with Gasteiger partial charge in [0.25, 0.3) is 0 Å². The van der Waals surface area contributed by atoms with E-state index in [4.69, 9.17) is 9.26 Å². The summed E-state index contributed by atoms with van der Waals surface area (Å²) in [6, 6.07) is 8.12. The van der Waals surface area contributed by atoms with Crippen molar-refractivity contribution in [2.24, 2.45) is 0 Å². The average Bonchev–Trinajstić information content (AvgIpc) is 2.91. The maximum Gasteiger partial charge on any atom is 0.230 e. The molecule has 0 bridgehead atoms. The zero-order valence-corrected chi connectivity index (χ0v) is 16.1. The monoisotopic (exact) mass is 362 g/mol. The summed E-state index contributed by atoms with van der Waals surface area (Å²) in [7, 11) is 0. The van der Waals surface area contributed by atoms with Crippen LogP contribution in [0.4, 0.5) is 0 Å². The van der Waals surface area contributed by atoms with Crippen LogP contribution < -0.4 is 5.32 Å². The van der Waals surface area contributed by atoms with Crippen LogP contribution in [-0.2, 0) is 28.4 Å². The first-order chi connectivity index (χ1) is 12.0. The molecule has 0 spiro atoms. The highest BCUT2D eigenvalue weighted by Gasteiger charge is 2.10. The molecule has 136 valence electrons. The second-order valence-electron chi connectivity index (χ2n) is 6.25. The summed E-state index contributed by atoms with van der Waals surface area (Å²) in [5.41, 5.74) is 4.19. The third-order valence-electron chi connectivity index (χ3n) is 3.76. The molecule has 6 heteroatoms. The van der Waals surface area contributed by atoms with Crippen molar-refractivity contribution in [2.75, 3.05) is 5.75 Å². The molecule has 1 aromatic heterocycles. The molecule has 1 amide bonds. The molecule has 2 aromatic rings. The fourth-order valence-electron chi connectivity index (χ4n) is 2.22. The van der Waals surface area contributed by atoms with Crippen molar-refractivity contribution in [3.8, 4) is 0 Å². The second-order valence-corrected chi connectivity index (χ2v) is 7.23. The number of nitrogens with zero attached hydrogens (tertiary/aromatic N) is 1. The first kappa shape index (κ1) is 19.5. The molecule has 25 heavy (non-hydrogen) atoms. The summed E-state index contributed by atoms with van der Waals surface area (Å²) in [6.07, 6.45) is 0.224. The van der Waals surface area contributed by atoms with Crippen LogP contribution in [0.3, 0.4) is 0 Å². The minimum atomic E-state index is 0.0315. The molecule has 0 aliphatic heterocycles. The molecule has 2 rings (SSSR count). The predicted molar refractivity (Wildman–Crippen MR) is 100 cm³/mol. The smallest absolute Gasteiger partial charge is 0.230 e. The number of aryl methyl sites for hydroxylation is 2. The first-order valence-electron chi connectivity index (χ1n) is 8.41. The molecule has 1 heterocycles. The van der Waals surface area contributed by atoms with Crippen LogP contribution >= 0.6 is 11.8 Å². The van der Waals surface area contributed by atoms with Gasteiger partial charge in [0.15, 0.2) is 0 Å². The summed E-state index contributed by atoms with van der Waals surface area (Å²) in [6.45, 7) is 9.01. The summed E-state index contributed by atoms with van der Waals surface area (Å²) in [5, 5.41) is 6.87. The lowest BCUT2D eigenvalue weighted by atomic mass is 10.1. The van der Waals surface area contributed by atoms with Crippen molar-refractivity contribution in [3.05, 3.63) is 52.4 Å². The standard InChI is InChI=1S/C19H26N2O3S/c1-13(2)23-10-17-7-5-16(6-8-17)9-20-19(22)12-25-11-18-14(3)21-24-15(18)4/h5-8,13H,9-12H2,1-4H3,(H,20,22). The number of hydrogen-bond donors (Lipinski definition) is 1. The van der Waals surface area contributed by atoms with E-state index >= 15 is 0 Å². The third-order valence-corrected chi connectivity index (χ3v) is 4.72. The Morgan fingerprint density at radius 1 is 1.24 bits per heavy atom. The van der Waals surface area contributed by atoms with E-state index in [-0.39, 0.29) is 12.0 Å². The summed E-state index contributed by atoms with van der Waals surface area (Å²) < 4.78 is 10.7. The second kappa shape index (κ2) is 9.63. The lowest BCUT2D eigenvalue weighted by Gasteiger charge is -2.09. The third kappa shape index (κ3) is 6.55. The number of benzene rings is 1. The lowest BCUT2D eigenvalue weighted by Crippen LogP contribution is -2.24. The van der Waals surface area contributed by atoms with Gasteiger partial charge in [-0.15, -0.1) is 11.8 Å². The Morgan fingerprint density at radius 3 is 2.52 bits per heavy atom. The highest BCUT2D eigenvalue weighted by Crippen LogP contribution is 2.19. The van der Waals surface area contributed by atoms with Crippen molar-refractivity contribution in [1.29, 1.82) is 0 Å². The van der Waals surface area contributed by atoms with Gasteiger partial charge >= 0.3 is 0 Å². The zero-order chi connectivity index (χ0) is 18.2. The number of carbonyl (C=O) groups is 1. The Morgan fingerprint density at radius 2 is 1.92 bits per heavy atom. The molecule has 1 aromatic carbocycles. The van der Waals surface area contributed by atoms with Gasteiger partial charge in [0.1, 0.15) is 5.76 Å². The minimum Gasteiger partial charge on any atom is -0.374 e. The maximum atomic E-state index is 12.0. The predicted octanol–water partition coefficient (Wildman–Crippen LogP) is 3.77. The molecular weight excluding hydrogens is 336 g/mol. The molecule has 0 radical (unpaired) electrons. The van der Waals surface area contributed by atoms with Crippen LogP contribution in [0.2, 0.25) is 0 Å². The van der Waals surface area contributed by atoms with E-state index in [1.807, 2.05) is 52.0 Å². The highest BCUT2D eigenvalue weighted by molar-refractivity contribution is 7.99. The SMILES string of the molecule is Cc1noc(C)c1CSCC(=O)NCc1ccc(COC(C)C)cc1. The Kier molecular flexibility index (Phi) is 7.52. The van der Waals surface area contributed by atoms with Gasteiger partial charge in [-0.2, -0.15) is 0 Å².